The number of sulfonamides is 1. The van der Waals surface area contributed by atoms with Gasteiger partial charge in [-0.3, -0.25) is 9.79 Å². The molecule has 5 fully saturated rings. The first kappa shape index (κ1) is 30.3. The van der Waals surface area contributed by atoms with E-state index in [9.17, 15) is 13.2 Å². The van der Waals surface area contributed by atoms with Crippen molar-refractivity contribution in [1.29, 1.82) is 0 Å². The Morgan fingerprint density at radius 2 is 1.86 bits per heavy atom. The predicted molar refractivity (Wildman–Crippen MR) is 190 cm³/mol. The molecular formula is C38H39N7O4S. The van der Waals surface area contributed by atoms with Crippen molar-refractivity contribution < 1.29 is 17.9 Å². The van der Waals surface area contributed by atoms with Gasteiger partial charge in [0.05, 0.1) is 29.3 Å². The highest BCUT2D eigenvalue weighted by Crippen LogP contribution is 2.61. The normalized spacial score (nSPS) is 24.8. The van der Waals surface area contributed by atoms with Gasteiger partial charge in [-0.05, 0) is 97.4 Å². The summed E-state index contributed by atoms with van der Waals surface area (Å²) in [7, 11) is -0.397. The predicted octanol–water partition coefficient (Wildman–Crippen LogP) is 5.25. The van der Waals surface area contributed by atoms with E-state index in [-0.39, 0.29) is 29.9 Å². The lowest BCUT2D eigenvalue weighted by Crippen LogP contribution is -2.53. The van der Waals surface area contributed by atoms with Gasteiger partial charge in [-0.1, -0.05) is 12.1 Å². The molecule has 50 heavy (non-hydrogen) atoms. The lowest BCUT2D eigenvalue weighted by molar-refractivity contribution is -0.0204. The Morgan fingerprint density at radius 1 is 1.04 bits per heavy atom. The number of methoxy groups -OCH3 is 1. The van der Waals surface area contributed by atoms with Crippen LogP contribution in [0.25, 0.3) is 33.6 Å². The highest BCUT2D eigenvalue weighted by molar-refractivity contribution is 7.89. The van der Waals surface area contributed by atoms with E-state index in [1.165, 1.54) is 23.6 Å². The highest BCUT2D eigenvalue weighted by Gasteiger charge is 2.61. The first-order valence-corrected chi connectivity index (χ1v) is 19.1. The second kappa shape index (κ2) is 11.0. The number of rotatable bonds is 9. The minimum absolute atomic E-state index is 0.0448. The topological polar surface area (TPSA) is 115 Å². The molecule has 0 N–H and O–H groups in total. The molecule has 5 aliphatic rings. The lowest BCUT2D eigenvalue weighted by Gasteiger charge is -2.52. The lowest BCUT2D eigenvalue weighted by atomic mass is 9.53. The summed E-state index contributed by atoms with van der Waals surface area (Å²) in [6, 6.07) is 16.9. The van der Waals surface area contributed by atoms with Gasteiger partial charge in [0.15, 0.2) is 5.82 Å². The van der Waals surface area contributed by atoms with Crippen LogP contribution in [0.5, 0.6) is 5.75 Å². The number of carbonyl (C=O) groups is 1. The van der Waals surface area contributed by atoms with Gasteiger partial charge in [-0.25, -0.2) is 18.4 Å². The number of aliphatic imine (C=N–C) groups is 1. The third-order valence-corrected chi connectivity index (χ3v) is 13.9. The van der Waals surface area contributed by atoms with Gasteiger partial charge in [0, 0.05) is 62.6 Å². The Labute approximate surface area is 290 Å². The van der Waals surface area contributed by atoms with Gasteiger partial charge in [-0.15, -0.1) is 0 Å². The molecule has 0 radical (unpaired) electrons. The second-order valence-corrected chi connectivity index (χ2v) is 16.8. The van der Waals surface area contributed by atoms with Crippen molar-refractivity contribution in [3.05, 3.63) is 71.9 Å². The maximum Gasteiger partial charge on any atom is 0.254 e. The first-order chi connectivity index (χ1) is 24.3. The Balaban J connectivity index is 1.07. The number of carbonyl (C=O) groups excluding carboxylic acids is 1. The molecule has 11 nitrogen and oxygen atoms in total. The zero-order valence-electron chi connectivity index (χ0n) is 28.1. The van der Waals surface area contributed by atoms with Crippen LogP contribution in [0.3, 0.4) is 0 Å². The summed E-state index contributed by atoms with van der Waals surface area (Å²) in [5.41, 5.74) is 4.71. The van der Waals surface area contributed by atoms with Crippen LogP contribution in [0, 0.1) is 23.7 Å². The molecule has 4 atom stereocenters. The number of imidazole rings is 1. The summed E-state index contributed by atoms with van der Waals surface area (Å²) in [4.78, 5) is 30.5. The van der Waals surface area contributed by atoms with Crippen LogP contribution in [-0.2, 0) is 16.6 Å². The summed E-state index contributed by atoms with van der Waals surface area (Å²) in [6.45, 7) is 2.23. The molecule has 5 heterocycles. The molecule has 12 heteroatoms. The van der Waals surface area contributed by atoms with Crippen molar-refractivity contribution in [2.24, 2.45) is 28.7 Å². The van der Waals surface area contributed by atoms with E-state index in [4.69, 9.17) is 14.7 Å². The number of amides is 1. The van der Waals surface area contributed by atoms with Crippen LogP contribution >= 0.6 is 0 Å². The molecule has 2 aliphatic heterocycles. The Kier molecular flexibility index (Phi) is 6.65. The molecule has 3 aliphatic carbocycles. The van der Waals surface area contributed by atoms with Crippen LogP contribution in [0.2, 0.25) is 0 Å². The number of pyridine rings is 1. The standard InChI is InChI=1S/C38H39N7O4S/c1-39-17-22-7-9-29(10-8-22)50(47,48)42-20-28(21-42)45-35-30(41-37(45)32-14-24-4-3-11-40-36(24)43(32)18-23-5-6-23)13-26(16-33(35)49-2)38(46)44-19-27-12-25-15-31(44)34(25)27/h3-4,7-11,13-14,16-17,23,25,27-28,31,34H,5-6,12,15,18-21H2,1-2H3/t25?,27?,31?,34-/m1/s1. The molecule has 3 unspecified atom stereocenters. The molecule has 2 saturated heterocycles. The van der Waals surface area contributed by atoms with Gasteiger partial charge in [-0.2, -0.15) is 4.31 Å². The van der Waals surface area contributed by atoms with Gasteiger partial charge in [0.2, 0.25) is 10.0 Å². The van der Waals surface area contributed by atoms with Crippen molar-refractivity contribution in [3.63, 3.8) is 0 Å². The molecule has 0 bridgehead atoms. The molecule has 3 saturated carbocycles. The molecule has 3 aromatic heterocycles. The molecule has 5 aromatic rings. The number of ether oxygens (including phenoxy) is 1. The summed E-state index contributed by atoms with van der Waals surface area (Å²) in [6.07, 6.45) is 8.25. The Morgan fingerprint density at radius 3 is 2.58 bits per heavy atom. The number of likely N-dealkylation sites (tertiary alicyclic amines) is 1. The van der Waals surface area contributed by atoms with Crippen molar-refractivity contribution >= 4 is 44.2 Å². The summed E-state index contributed by atoms with van der Waals surface area (Å²) >= 11 is 0. The monoisotopic (exact) mass is 689 g/mol. The largest absolute Gasteiger partial charge is 0.494 e. The minimum atomic E-state index is -3.72. The van der Waals surface area contributed by atoms with Crippen molar-refractivity contribution in [3.8, 4) is 17.3 Å². The Bertz CT molecular complexity index is 2340. The zero-order chi connectivity index (χ0) is 33.9. The van der Waals surface area contributed by atoms with E-state index in [1.54, 1.807) is 44.6 Å². The number of hydrogen-bond donors (Lipinski definition) is 0. The van der Waals surface area contributed by atoms with E-state index in [2.05, 4.69) is 31.2 Å². The average molecular weight is 690 g/mol. The average Bonchev–Trinajstić information content (AvgIpc) is 3.73. The number of fused-ring (bicyclic) bond motifs is 2. The van der Waals surface area contributed by atoms with Crippen molar-refractivity contribution in [2.45, 2.75) is 49.2 Å². The number of nitrogens with zero attached hydrogens (tertiary/aromatic N) is 7. The molecule has 256 valence electrons. The van der Waals surface area contributed by atoms with Crippen LogP contribution in [-0.4, -0.2) is 88.7 Å². The van der Waals surface area contributed by atoms with Gasteiger partial charge >= 0.3 is 0 Å². The number of aromatic nitrogens is 4. The van der Waals surface area contributed by atoms with E-state index >= 15 is 0 Å². The quantitative estimate of drug-likeness (QED) is 0.196. The molecule has 2 aromatic carbocycles. The van der Waals surface area contributed by atoms with Gasteiger partial charge in [0.25, 0.3) is 5.91 Å². The third-order valence-electron chi connectivity index (χ3n) is 12.0. The Hall–Kier alpha value is -4.55. The van der Waals surface area contributed by atoms with E-state index in [1.807, 2.05) is 24.4 Å². The molecular weight excluding hydrogens is 651 g/mol. The summed E-state index contributed by atoms with van der Waals surface area (Å²) in [5, 5.41) is 1.03. The van der Waals surface area contributed by atoms with Gasteiger partial charge in [0.1, 0.15) is 16.9 Å². The fourth-order valence-electron chi connectivity index (χ4n) is 9.19. The maximum absolute atomic E-state index is 14.1. The van der Waals surface area contributed by atoms with Crippen LogP contribution in [0.15, 0.2) is 70.7 Å². The summed E-state index contributed by atoms with van der Waals surface area (Å²) < 4.78 is 39.5. The second-order valence-electron chi connectivity index (χ2n) is 14.9. The third kappa shape index (κ3) is 4.46. The molecule has 0 spiro atoms. The number of benzene rings is 2. The zero-order valence-corrected chi connectivity index (χ0v) is 29.0. The van der Waals surface area contributed by atoms with Crippen LogP contribution in [0.1, 0.15) is 47.6 Å². The highest BCUT2D eigenvalue weighted by atomic mass is 32.2. The smallest absolute Gasteiger partial charge is 0.254 e. The fraction of sp³-hybridized carbons (Fsp3) is 0.421. The van der Waals surface area contributed by atoms with Crippen molar-refractivity contribution in [2.75, 3.05) is 33.8 Å². The summed E-state index contributed by atoms with van der Waals surface area (Å²) in [5.74, 6) is 4.05. The van der Waals surface area contributed by atoms with E-state index in [0.29, 0.717) is 40.6 Å². The van der Waals surface area contributed by atoms with Crippen LogP contribution < -0.4 is 4.74 Å². The molecule has 1 amide bonds. The van der Waals surface area contributed by atoms with E-state index < -0.39 is 10.0 Å². The van der Waals surface area contributed by atoms with Crippen LogP contribution in [0.4, 0.5) is 0 Å². The SMILES string of the molecule is CN=Cc1ccc(S(=O)(=O)N2CC(n3c(-c4cc5cccnc5n4CC4CC4)nc4cc(C(=O)N5CC6CC7CC5[C@H]76)cc(OC)c43)C2)cc1. The maximum atomic E-state index is 14.1. The van der Waals surface area contributed by atoms with Gasteiger partial charge < -0.3 is 18.8 Å². The minimum Gasteiger partial charge on any atom is -0.494 e. The molecule has 10 rings (SSSR count). The van der Waals surface area contributed by atoms with E-state index in [0.717, 1.165) is 59.1 Å². The number of hydrogen-bond acceptors (Lipinski definition) is 7. The fourth-order valence-corrected chi connectivity index (χ4v) is 10.7. The first-order valence-electron chi connectivity index (χ1n) is 17.7. The van der Waals surface area contributed by atoms with Crippen molar-refractivity contribution in [1.82, 2.24) is 28.3 Å².